The highest BCUT2D eigenvalue weighted by atomic mass is 16.6. The number of benzene rings is 3. The lowest BCUT2D eigenvalue weighted by Crippen LogP contribution is -2.55. The highest BCUT2D eigenvalue weighted by Gasteiger charge is 2.61. The van der Waals surface area contributed by atoms with E-state index in [4.69, 9.17) is 9.47 Å². The number of cyclic esters (lactones) is 1. The molecule has 2 atom stereocenters. The molecule has 0 bridgehead atoms. The van der Waals surface area contributed by atoms with Crippen molar-refractivity contribution in [3.05, 3.63) is 101 Å². The van der Waals surface area contributed by atoms with Gasteiger partial charge < -0.3 is 14.8 Å². The maximum Gasteiger partial charge on any atom is 0.418 e. The highest BCUT2D eigenvalue weighted by Crippen LogP contribution is 2.40. The molecule has 3 aromatic rings. The predicted molar refractivity (Wildman–Crippen MR) is 138 cm³/mol. The van der Waals surface area contributed by atoms with E-state index in [2.05, 4.69) is 5.32 Å². The minimum absolute atomic E-state index is 0.0494. The molecule has 3 aromatic carbocycles. The van der Waals surface area contributed by atoms with E-state index in [0.29, 0.717) is 12.2 Å². The van der Waals surface area contributed by atoms with Gasteiger partial charge in [-0.15, -0.1) is 0 Å². The molecule has 0 spiro atoms. The average molecular weight is 499 g/mol. The standard InChI is InChI=1S/C30H30N2O5/c1-20-15-22(17-24(16-20)36-2)19-31-27(33)30(18-21-9-4-3-5-10-21)28(34)32(29(35)37-30)26-14-8-12-23-11-6-7-13-25(23)26/h3-7,9-11,13,15-17,26H,8,12,14,18-19H2,1-2H3,(H,31,33)/t26?,30-/m1/s1. The van der Waals surface area contributed by atoms with Crippen molar-refractivity contribution in [3.8, 4) is 5.75 Å². The number of rotatable bonds is 7. The Kier molecular flexibility index (Phi) is 6.70. The Morgan fingerprint density at radius 3 is 2.59 bits per heavy atom. The summed E-state index contributed by atoms with van der Waals surface area (Å²) >= 11 is 0. The molecule has 2 aliphatic rings. The van der Waals surface area contributed by atoms with Crippen LogP contribution in [0.4, 0.5) is 4.79 Å². The first-order chi connectivity index (χ1) is 17.9. The van der Waals surface area contributed by atoms with Crippen molar-refractivity contribution < 1.29 is 23.9 Å². The van der Waals surface area contributed by atoms with E-state index >= 15 is 0 Å². The number of hydrogen-bond acceptors (Lipinski definition) is 5. The summed E-state index contributed by atoms with van der Waals surface area (Å²) in [6.45, 7) is 2.09. The second kappa shape index (κ2) is 10.1. The number of carbonyl (C=O) groups excluding carboxylic acids is 3. The number of ether oxygens (including phenoxy) is 2. The maximum absolute atomic E-state index is 14.1. The minimum atomic E-state index is -1.99. The van der Waals surface area contributed by atoms with Crippen molar-refractivity contribution in [2.24, 2.45) is 0 Å². The molecule has 0 saturated carbocycles. The second-order valence-electron chi connectivity index (χ2n) is 9.68. The monoisotopic (exact) mass is 498 g/mol. The van der Waals surface area contributed by atoms with Crippen molar-refractivity contribution >= 4 is 17.9 Å². The Bertz CT molecular complexity index is 1340. The molecule has 190 valence electrons. The number of amides is 3. The molecule has 1 heterocycles. The molecular formula is C30H30N2O5. The Hall–Kier alpha value is -4.13. The lowest BCUT2D eigenvalue weighted by atomic mass is 9.85. The molecule has 0 aromatic heterocycles. The van der Waals surface area contributed by atoms with Crippen LogP contribution in [0.15, 0.2) is 72.8 Å². The first-order valence-corrected chi connectivity index (χ1v) is 12.5. The number of aryl methyl sites for hydroxylation is 2. The third-order valence-electron chi connectivity index (χ3n) is 7.13. The van der Waals surface area contributed by atoms with E-state index in [1.54, 1.807) is 7.11 Å². The van der Waals surface area contributed by atoms with Gasteiger partial charge in [-0.25, -0.2) is 9.69 Å². The molecular weight excluding hydrogens is 468 g/mol. The van der Waals surface area contributed by atoms with Gasteiger partial charge in [-0.2, -0.15) is 0 Å². The normalized spacial score (nSPS) is 20.8. The van der Waals surface area contributed by atoms with Gasteiger partial charge in [0.2, 0.25) is 0 Å². The van der Waals surface area contributed by atoms with Crippen molar-refractivity contribution in [1.82, 2.24) is 10.2 Å². The van der Waals surface area contributed by atoms with Crippen LogP contribution in [0.3, 0.4) is 0 Å². The highest BCUT2D eigenvalue weighted by molar-refractivity contribution is 6.17. The fourth-order valence-electron chi connectivity index (χ4n) is 5.37. The molecule has 37 heavy (non-hydrogen) atoms. The summed E-state index contributed by atoms with van der Waals surface area (Å²) in [6.07, 6.45) is 1.52. The zero-order valence-corrected chi connectivity index (χ0v) is 21.0. The summed E-state index contributed by atoms with van der Waals surface area (Å²) in [5, 5.41) is 2.85. The number of nitrogens with zero attached hydrogens (tertiary/aromatic N) is 1. The Morgan fingerprint density at radius 2 is 1.81 bits per heavy atom. The molecule has 0 radical (unpaired) electrons. The molecule has 1 unspecified atom stereocenters. The molecule has 3 amide bonds. The van der Waals surface area contributed by atoms with Crippen LogP contribution in [0.25, 0.3) is 0 Å². The summed E-state index contributed by atoms with van der Waals surface area (Å²) in [5.74, 6) is -0.585. The van der Waals surface area contributed by atoms with E-state index in [-0.39, 0.29) is 13.0 Å². The van der Waals surface area contributed by atoms with Crippen LogP contribution in [0, 0.1) is 6.92 Å². The van der Waals surface area contributed by atoms with Gasteiger partial charge in [0.05, 0.1) is 13.2 Å². The van der Waals surface area contributed by atoms with Crippen molar-refractivity contribution in [2.45, 2.75) is 50.8 Å². The summed E-state index contributed by atoms with van der Waals surface area (Å²) in [7, 11) is 1.58. The quantitative estimate of drug-likeness (QED) is 0.479. The first-order valence-electron chi connectivity index (χ1n) is 12.5. The zero-order valence-electron chi connectivity index (χ0n) is 21.0. The first kappa shape index (κ1) is 24.6. The van der Waals surface area contributed by atoms with Crippen LogP contribution in [0.1, 0.15) is 46.7 Å². The lowest BCUT2D eigenvalue weighted by molar-refractivity contribution is -0.150. The number of carbonyl (C=O) groups is 3. The Morgan fingerprint density at radius 1 is 1.05 bits per heavy atom. The third kappa shape index (κ3) is 4.69. The van der Waals surface area contributed by atoms with Gasteiger partial charge in [-0.05, 0) is 66.1 Å². The predicted octanol–water partition coefficient (Wildman–Crippen LogP) is 4.66. The Labute approximate surface area is 216 Å². The van der Waals surface area contributed by atoms with Crippen LogP contribution in [0.2, 0.25) is 0 Å². The number of fused-ring (bicyclic) bond motifs is 1. The van der Waals surface area contributed by atoms with E-state index in [9.17, 15) is 14.4 Å². The Balaban J connectivity index is 1.47. The van der Waals surface area contributed by atoms with Gasteiger partial charge >= 0.3 is 6.09 Å². The van der Waals surface area contributed by atoms with Gasteiger partial charge in [0, 0.05) is 13.0 Å². The average Bonchev–Trinajstić information content (AvgIpc) is 3.16. The second-order valence-corrected chi connectivity index (χ2v) is 9.68. The van der Waals surface area contributed by atoms with Gasteiger partial charge in [-0.1, -0.05) is 60.7 Å². The largest absolute Gasteiger partial charge is 0.497 e. The molecule has 1 saturated heterocycles. The van der Waals surface area contributed by atoms with Crippen molar-refractivity contribution in [1.29, 1.82) is 0 Å². The van der Waals surface area contributed by atoms with Crippen LogP contribution in [-0.4, -0.2) is 35.5 Å². The number of nitrogens with one attached hydrogen (secondary N) is 1. The van der Waals surface area contributed by atoms with Crippen molar-refractivity contribution in [2.75, 3.05) is 7.11 Å². The third-order valence-corrected chi connectivity index (χ3v) is 7.13. The van der Waals surface area contributed by atoms with Crippen LogP contribution in [-0.2, 0) is 33.7 Å². The van der Waals surface area contributed by atoms with Gasteiger partial charge in [0.25, 0.3) is 17.4 Å². The molecule has 7 heteroatoms. The van der Waals surface area contributed by atoms with E-state index in [1.165, 1.54) is 0 Å². The SMILES string of the molecule is COc1cc(C)cc(CNC(=O)[C@@]2(Cc3ccccc3)OC(=O)N(C3CCCc4ccccc43)C2=O)c1. The van der Waals surface area contributed by atoms with Crippen LogP contribution in [0.5, 0.6) is 5.75 Å². The fourth-order valence-corrected chi connectivity index (χ4v) is 5.37. The molecule has 1 N–H and O–H groups in total. The smallest absolute Gasteiger partial charge is 0.418 e. The van der Waals surface area contributed by atoms with Gasteiger partial charge in [0.1, 0.15) is 5.75 Å². The minimum Gasteiger partial charge on any atom is -0.497 e. The van der Waals surface area contributed by atoms with E-state index in [1.807, 2.05) is 79.7 Å². The number of imide groups is 1. The fraction of sp³-hybridized carbons (Fsp3) is 0.300. The van der Waals surface area contributed by atoms with Crippen LogP contribution >= 0.6 is 0 Å². The molecule has 7 nitrogen and oxygen atoms in total. The topological polar surface area (TPSA) is 84.9 Å². The van der Waals surface area contributed by atoms with Gasteiger partial charge in [-0.3, -0.25) is 9.59 Å². The van der Waals surface area contributed by atoms with Crippen molar-refractivity contribution in [3.63, 3.8) is 0 Å². The van der Waals surface area contributed by atoms with E-state index < -0.39 is 29.6 Å². The molecule has 5 rings (SSSR count). The zero-order chi connectivity index (χ0) is 26.0. The lowest BCUT2D eigenvalue weighted by Gasteiger charge is -2.31. The summed E-state index contributed by atoms with van der Waals surface area (Å²) in [4.78, 5) is 42.3. The van der Waals surface area contributed by atoms with Gasteiger partial charge in [0.15, 0.2) is 0 Å². The van der Waals surface area contributed by atoms with Crippen LogP contribution < -0.4 is 10.1 Å². The summed E-state index contributed by atoms with van der Waals surface area (Å²) < 4.78 is 11.1. The molecule has 1 aliphatic heterocycles. The molecule has 1 aliphatic carbocycles. The molecule has 1 fully saturated rings. The summed E-state index contributed by atoms with van der Waals surface area (Å²) in [6, 6.07) is 22.2. The maximum atomic E-state index is 14.1. The van der Waals surface area contributed by atoms with E-state index in [0.717, 1.165) is 45.6 Å². The summed E-state index contributed by atoms with van der Waals surface area (Å²) in [5.41, 5.74) is 2.57. The number of methoxy groups -OCH3 is 1. The number of hydrogen-bond donors (Lipinski definition) is 1.